The number of hydrogen-bond donors (Lipinski definition) is 2. The number of methoxy groups -OCH3 is 1. The van der Waals surface area contributed by atoms with Gasteiger partial charge in [-0.15, -0.1) is 24.0 Å². The highest BCUT2D eigenvalue weighted by Gasteiger charge is 2.24. The van der Waals surface area contributed by atoms with Crippen molar-refractivity contribution in [2.24, 2.45) is 4.99 Å². The molecule has 1 aromatic rings. The number of nitrogens with zero attached hydrogens (tertiary/aromatic N) is 1. The maximum Gasteiger partial charge on any atom is 0.191 e. The van der Waals surface area contributed by atoms with Crippen LogP contribution in [0, 0.1) is 0 Å². The van der Waals surface area contributed by atoms with Crippen LogP contribution >= 0.6 is 35.7 Å². The molecule has 1 saturated carbocycles. The Morgan fingerprint density at radius 2 is 2.12 bits per heavy atom. The van der Waals surface area contributed by atoms with Gasteiger partial charge in [-0.25, -0.2) is 4.99 Å². The molecule has 5 nitrogen and oxygen atoms in total. The second-order valence-electron chi connectivity index (χ2n) is 5.80. The number of hydrogen-bond acceptors (Lipinski definition) is 4. The molecule has 0 saturated heterocycles. The third kappa shape index (κ3) is 7.94. The third-order valence-electron chi connectivity index (χ3n) is 4.07. The molecule has 0 aliphatic heterocycles. The number of ether oxygens (including phenoxy) is 2. The van der Waals surface area contributed by atoms with E-state index >= 15 is 0 Å². The van der Waals surface area contributed by atoms with Crippen molar-refractivity contribution in [3.05, 3.63) is 24.3 Å². The van der Waals surface area contributed by atoms with Crippen LogP contribution in [0.5, 0.6) is 11.5 Å². The van der Waals surface area contributed by atoms with Gasteiger partial charge in [0.25, 0.3) is 0 Å². The molecule has 25 heavy (non-hydrogen) atoms. The molecule has 0 bridgehead atoms. The van der Waals surface area contributed by atoms with Crippen molar-refractivity contribution < 1.29 is 9.47 Å². The number of nitrogens with one attached hydrogen (secondary N) is 2. The van der Waals surface area contributed by atoms with Crippen molar-refractivity contribution in [3.8, 4) is 11.5 Å². The van der Waals surface area contributed by atoms with Gasteiger partial charge in [0, 0.05) is 23.9 Å². The molecule has 0 heterocycles. The minimum atomic E-state index is 0. The number of guanidine groups is 1. The van der Waals surface area contributed by atoms with E-state index in [1.165, 1.54) is 19.3 Å². The van der Waals surface area contributed by atoms with E-state index in [-0.39, 0.29) is 24.0 Å². The molecule has 2 atom stereocenters. The molecule has 2 N–H and O–H groups in total. The lowest BCUT2D eigenvalue weighted by Gasteiger charge is -2.17. The highest BCUT2D eigenvalue weighted by atomic mass is 127. The van der Waals surface area contributed by atoms with Crippen LogP contribution in [-0.4, -0.2) is 50.3 Å². The second-order valence-corrected chi connectivity index (χ2v) is 6.94. The van der Waals surface area contributed by atoms with Crippen LogP contribution in [0.25, 0.3) is 0 Å². The highest BCUT2D eigenvalue weighted by molar-refractivity contribution is 14.0. The van der Waals surface area contributed by atoms with Crippen molar-refractivity contribution in [1.29, 1.82) is 0 Å². The maximum absolute atomic E-state index is 5.74. The van der Waals surface area contributed by atoms with Gasteiger partial charge >= 0.3 is 0 Å². The first kappa shape index (κ1) is 22.2. The SMILES string of the molecule is CCNC(=NCCOc1cccc(OC)c1)NC1CCC(SC)C1.I. The van der Waals surface area contributed by atoms with Gasteiger partial charge < -0.3 is 20.1 Å². The molecular formula is C18H30IN3O2S. The van der Waals surface area contributed by atoms with Gasteiger partial charge in [0.05, 0.1) is 13.7 Å². The second kappa shape index (κ2) is 12.5. The number of halogens is 1. The Labute approximate surface area is 172 Å². The first-order valence-electron chi connectivity index (χ1n) is 8.59. The van der Waals surface area contributed by atoms with Crippen LogP contribution in [0.3, 0.4) is 0 Å². The van der Waals surface area contributed by atoms with E-state index in [4.69, 9.17) is 9.47 Å². The predicted molar refractivity (Wildman–Crippen MR) is 118 cm³/mol. The molecule has 1 aliphatic rings. The average molecular weight is 479 g/mol. The highest BCUT2D eigenvalue weighted by Crippen LogP contribution is 2.28. The zero-order valence-corrected chi connectivity index (χ0v) is 18.4. The summed E-state index contributed by atoms with van der Waals surface area (Å²) in [5, 5.41) is 7.64. The lowest BCUT2D eigenvalue weighted by atomic mass is 10.2. The molecule has 1 aliphatic carbocycles. The molecule has 0 aromatic heterocycles. The van der Waals surface area contributed by atoms with Gasteiger partial charge in [0.1, 0.15) is 18.1 Å². The summed E-state index contributed by atoms with van der Waals surface area (Å²) in [7, 11) is 1.66. The molecule has 7 heteroatoms. The molecule has 0 radical (unpaired) electrons. The van der Waals surface area contributed by atoms with Crippen LogP contribution in [-0.2, 0) is 0 Å². The van der Waals surface area contributed by atoms with Crippen molar-refractivity contribution >= 4 is 41.7 Å². The van der Waals surface area contributed by atoms with E-state index in [1.807, 2.05) is 36.0 Å². The normalized spacial score (nSPS) is 19.9. The van der Waals surface area contributed by atoms with Gasteiger partial charge in [-0.05, 0) is 44.6 Å². The zero-order chi connectivity index (χ0) is 17.2. The van der Waals surface area contributed by atoms with Gasteiger partial charge in [0.15, 0.2) is 5.96 Å². The number of aliphatic imine (C=N–C) groups is 1. The Morgan fingerprint density at radius 1 is 1.32 bits per heavy atom. The fourth-order valence-corrected chi connectivity index (χ4v) is 3.61. The van der Waals surface area contributed by atoms with Crippen molar-refractivity contribution in [3.63, 3.8) is 0 Å². The Balaban J connectivity index is 0.00000312. The summed E-state index contributed by atoms with van der Waals surface area (Å²) in [6, 6.07) is 8.16. The summed E-state index contributed by atoms with van der Waals surface area (Å²) < 4.78 is 10.9. The van der Waals surface area contributed by atoms with Crippen molar-refractivity contribution in [2.45, 2.75) is 37.5 Å². The standard InChI is InChI=1S/C18H29N3O2S.HI/c1-4-19-18(21-14-8-9-17(12-14)24-3)20-10-11-23-16-7-5-6-15(13-16)22-2;/h5-7,13-14,17H,4,8-12H2,1-3H3,(H2,19,20,21);1H. The van der Waals surface area contributed by atoms with Gasteiger partial charge in [-0.2, -0.15) is 11.8 Å². The summed E-state index contributed by atoms with van der Waals surface area (Å²) in [6.07, 6.45) is 5.92. The molecule has 2 unspecified atom stereocenters. The lowest BCUT2D eigenvalue weighted by molar-refractivity contribution is 0.325. The lowest BCUT2D eigenvalue weighted by Crippen LogP contribution is -2.42. The number of benzene rings is 1. The van der Waals surface area contributed by atoms with Crippen LogP contribution in [0.1, 0.15) is 26.2 Å². The predicted octanol–water partition coefficient (Wildman–Crippen LogP) is 3.53. The molecular weight excluding hydrogens is 449 g/mol. The average Bonchev–Trinajstić information content (AvgIpc) is 3.06. The minimum absolute atomic E-state index is 0. The molecule has 0 spiro atoms. The molecule has 2 rings (SSSR count). The first-order chi connectivity index (χ1) is 11.7. The molecule has 1 aromatic carbocycles. The first-order valence-corrected chi connectivity index (χ1v) is 9.88. The van der Waals surface area contributed by atoms with E-state index in [0.29, 0.717) is 19.2 Å². The fourth-order valence-electron chi connectivity index (χ4n) is 2.81. The van der Waals surface area contributed by atoms with Crippen LogP contribution in [0.15, 0.2) is 29.3 Å². The van der Waals surface area contributed by atoms with Crippen LogP contribution < -0.4 is 20.1 Å². The maximum atomic E-state index is 5.74. The van der Waals surface area contributed by atoms with Crippen LogP contribution in [0.4, 0.5) is 0 Å². The Morgan fingerprint density at radius 3 is 2.80 bits per heavy atom. The summed E-state index contributed by atoms with van der Waals surface area (Å²) in [5.41, 5.74) is 0. The van der Waals surface area contributed by atoms with E-state index in [1.54, 1.807) is 7.11 Å². The van der Waals surface area contributed by atoms with E-state index in [2.05, 4.69) is 28.8 Å². The van der Waals surface area contributed by atoms with Crippen molar-refractivity contribution in [2.75, 3.05) is 33.1 Å². The number of rotatable bonds is 8. The van der Waals surface area contributed by atoms with E-state index < -0.39 is 0 Å². The third-order valence-corrected chi connectivity index (χ3v) is 5.17. The quantitative estimate of drug-likeness (QED) is 0.259. The van der Waals surface area contributed by atoms with E-state index in [0.717, 1.165) is 29.3 Å². The topological polar surface area (TPSA) is 54.9 Å². The summed E-state index contributed by atoms with van der Waals surface area (Å²) >= 11 is 1.97. The monoisotopic (exact) mass is 479 g/mol. The largest absolute Gasteiger partial charge is 0.497 e. The summed E-state index contributed by atoms with van der Waals surface area (Å²) in [6.45, 7) is 4.11. The summed E-state index contributed by atoms with van der Waals surface area (Å²) in [4.78, 5) is 4.62. The van der Waals surface area contributed by atoms with Crippen molar-refractivity contribution in [1.82, 2.24) is 10.6 Å². The Kier molecular flexibility index (Phi) is 11.1. The zero-order valence-electron chi connectivity index (χ0n) is 15.3. The van der Waals surface area contributed by atoms with Gasteiger partial charge in [-0.1, -0.05) is 6.07 Å². The van der Waals surface area contributed by atoms with Crippen LogP contribution in [0.2, 0.25) is 0 Å². The fraction of sp³-hybridized carbons (Fsp3) is 0.611. The Bertz CT molecular complexity index is 531. The molecule has 0 amide bonds. The van der Waals surface area contributed by atoms with Gasteiger partial charge in [-0.3, -0.25) is 0 Å². The minimum Gasteiger partial charge on any atom is -0.497 e. The summed E-state index contributed by atoms with van der Waals surface area (Å²) in [5.74, 6) is 2.50. The molecule has 142 valence electrons. The smallest absolute Gasteiger partial charge is 0.191 e. The van der Waals surface area contributed by atoms with E-state index in [9.17, 15) is 0 Å². The Hall–Kier alpha value is -0.830. The van der Waals surface area contributed by atoms with Gasteiger partial charge in [0.2, 0.25) is 0 Å². The number of thioether (sulfide) groups is 1. The molecule has 1 fully saturated rings.